The normalized spacial score (nSPS) is 10.7. The number of aryl methyl sites for hydroxylation is 1. The predicted molar refractivity (Wildman–Crippen MR) is 99.0 cm³/mol. The first-order valence-electron chi connectivity index (χ1n) is 7.23. The summed E-state index contributed by atoms with van der Waals surface area (Å²) >= 11 is 6.72. The van der Waals surface area contributed by atoms with Gasteiger partial charge in [-0.05, 0) is 41.1 Å². The molecule has 0 saturated heterocycles. The fraction of sp³-hybridized carbons (Fsp3) is 0.133. The van der Waals surface area contributed by atoms with E-state index in [2.05, 4.69) is 47.4 Å². The molecule has 1 N–H and O–H groups in total. The highest BCUT2D eigenvalue weighted by molar-refractivity contribution is 9.11. The van der Waals surface area contributed by atoms with Gasteiger partial charge in [0.25, 0.3) is 5.91 Å². The van der Waals surface area contributed by atoms with Crippen molar-refractivity contribution in [2.75, 3.05) is 5.32 Å². The standard InChI is InChI=1S/C15H11Br2N5O4/c1-8-11(7-21-6-10(5-18-21)22(24)25)14(20-26-8)15(23)19-13-3-2-9(16)4-12(13)17/h2-6H,7H2,1H3,(H,19,23). The van der Waals surface area contributed by atoms with E-state index in [-0.39, 0.29) is 17.9 Å². The Hall–Kier alpha value is -2.53. The molecule has 2 aromatic heterocycles. The molecule has 3 rings (SSSR count). The van der Waals surface area contributed by atoms with Gasteiger partial charge in [0.1, 0.15) is 18.2 Å². The second kappa shape index (κ2) is 7.38. The fourth-order valence-electron chi connectivity index (χ4n) is 2.22. The summed E-state index contributed by atoms with van der Waals surface area (Å²) in [6.45, 7) is 1.78. The van der Waals surface area contributed by atoms with E-state index in [0.717, 1.165) is 10.7 Å². The number of halogens is 2. The molecule has 0 fully saturated rings. The van der Waals surface area contributed by atoms with Crippen molar-refractivity contribution < 1.29 is 14.2 Å². The van der Waals surface area contributed by atoms with E-state index < -0.39 is 10.8 Å². The maximum absolute atomic E-state index is 12.6. The van der Waals surface area contributed by atoms with Gasteiger partial charge in [0.05, 0.1) is 17.2 Å². The number of carbonyl (C=O) groups is 1. The van der Waals surface area contributed by atoms with Gasteiger partial charge in [-0.1, -0.05) is 21.1 Å². The van der Waals surface area contributed by atoms with E-state index in [0.29, 0.717) is 21.5 Å². The number of benzene rings is 1. The number of nitro groups is 1. The Morgan fingerprint density at radius 1 is 1.42 bits per heavy atom. The summed E-state index contributed by atoms with van der Waals surface area (Å²) in [6, 6.07) is 5.32. The van der Waals surface area contributed by atoms with Crippen LogP contribution in [0.3, 0.4) is 0 Å². The van der Waals surface area contributed by atoms with Crippen LogP contribution < -0.4 is 5.32 Å². The maximum atomic E-state index is 12.6. The molecule has 0 atom stereocenters. The molecule has 134 valence electrons. The Morgan fingerprint density at radius 2 is 2.19 bits per heavy atom. The lowest BCUT2D eigenvalue weighted by Crippen LogP contribution is -2.16. The molecule has 3 aromatic rings. The van der Waals surface area contributed by atoms with Gasteiger partial charge in [-0.2, -0.15) is 5.10 Å². The number of hydrogen-bond acceptors (Lipinski definition) is 6. The number of nitrogens with zero attached hydrogens (tertiary/aromatic N) is 4. The van der Waals surface area contributed by atoms with Gasteiger partial charge in [-0.25, -0.2) is 0 Å². The van der Waals surface area contributed by atoms with E-state index >= 15 is 0 Å². The smallest absolute Gasteiger partial charge is 0.307 e. The van der Waals surface area contributed by atoms with Crippen molar-refractivity contribution in [3.63, 3.8) is 0 Å². The van der Waals surface area contributed by atoms with Crippen LogP contribution in [0.2, 0.25) is 0 Å². The topological polar surface area (TPSA) is 116 Å². The number of aromatic nitrogens is 3. The molecule has 0 unspecified atom stereocenters. The molecular weight excluding hydrogens is 474 g/mol. The minimum atomic E-state index is -0.539. The molecule has 2 heterocycles. The first-order chi connectivity index (χ1) is 12.3. The third kappa shape index (κ3) is 3.83. The average Bonchev–Trinajstić information content (AvgIpc) is 3.18. The van der Waals surface area contributed by atoms with Crippen molar-refractivity contribution >= 4 is 49.1 Å². The lowest BCUT2D eigenvalue weighted by Gasteiger charge is -2.07. The third-order valence-electron chi connectivity index (χ3n) is 3.53. The fourth-order valence-corrected chi connectivity index (χ4v) is 3.37. The molecule has 0 aliphatic heterocycles. The van der Waals surface area contributed by atoms with Crippen LogP contribution in [0.4, 0.5) is 11.4 Å². The van der Waals surface area contributed by atoms with Crippen molar-refractivity contribution in [2.45, 2.75) is 13.5 Å². The Labute approximate surface area is 163 Å². The second-order valence-electron chi connectivity index (χ2n) is 5.30. The molecule has 0 saturated carbocycles. The molecule has 0 spiro atoms. The van der Waals surface area contributed by atoms with Gasteiger partial charge < -0.3 is 9.84 Å². The van der Waals surface area contributed by atoms with Crippen LogP contribution in [0.1, 0.15) is 21.8 Å². The minimum absolute atomic E-state index is 0.0930. The number of rotatable bonds is 5. The quantitative estimate of drug-likeness (QED) is 0.433. The maximum Gasteiger partial charge on any atom is 0.307 e. The summed E-state index contributed by atoms with van der Waals surface area (Å²) in [5.41, 5.74) is 1.02. The van der Waals surface area contributed by atoms with Crippen molar-refractivity contribution in [1.29, 1.82) is 0 Å². The lowest BCUT2D eigenvalue weighted by molar-refractivity contribution is -0.385. The van der Waals surface area contributed by atoms with Crippen LogP contribution in [0.5, 0.6) is 0 Å². The van der Waals surface area contributed by atoms with Crippen LogP contribution >= 0.6 is 31.9 Å². The molecule has 0 bridgehead atoms. The molecule has 0 aliphatic rings. The Morgan fingerprint density at radius 3 is 2.85 bits per heavy atom. The highest BCUT2D eigenvalue weighted by Gasteiger charge is 2.22. The van der Waals surface area contributed by atoms with Gasteiger partial charge in [-0.3, -0.25) is 19.6 Å². The Balaban J connectivity index is 1.84. The van der Waals surface area contributed by atoms with E-state index in [1.165, 1.54) is 10.9 Å². The molecular formula is C15H11Br2N5O4. The Bertz CT molecular complexity index is 998. The molecule has 11 heteroatoms. The van der Waals surface area contributed by atoms with E-state index in [1.54, 1.807) is 25.1 Å². The van der Waals surface area contributed by atoms with E-state index in [9.17, 15) is 14.9 Å². The van der Waals surface area contributed by atoms with Crippen molar-refractivity contribution in [2.24, 2.45) is 0 Å². The van der Waals surface area contributed by atoms with Gasteiger partial charge in [0, 0.05) is 14.5 Å². The summed E-state index contributed by atoms with van der Waals surface area (Å²) in [5.74, 6) is -0.0234. The number of carbonyl (C=O) groups excluding carboxylic acids is 1. The lowest BCUT2D eigenvalue weighted by atomic mass is 10.2. The molecule has 9 nitrogen and oxygen atoms in total. The van der Waals surface area contributed by atoms with Gasteiger partial charge >= 0.3 is 5.69 Å². The highest BCUT2D eigenvalue weighted by atomic mass is 79.9. The molecule has 0 radical (unpaired) electrons. The molecule has 1 aromatic carbocycles. The van der Waals surface area contributed by atoms with Crippen molar-refractivity contribution in [3.8, 4) is 0 Å². The minimum Gasteiger partial charge on any atom is -0.361 e. The summed E-state index contributed by atoms with van der Waals surface area (Å²) in [7, 11) is 0. The monoisotopic (exact) mass is 483 g/mol. The zero-order valence-corrected chi connectivity index (χ0v) is 16.4. The van der Waals surface area contributed by atoms with Crippen LogP contribution in [0.15, 0.2) is 44.1 Å². The van der Waals surface area contributed by atoms with Gasteiger partial charge in [0.2, 0.25) is 0 Å². The largest absolute Gasteiger partial charge is 0.361 e. The number of hydrogen-bond donors (Lipinski definition) is 1. The first kappa shape index (κ1) is 18.3. The zero-order chi connectivity index (χ0) is 18.8. The summed E-state index contributed by atoms with van der Waals surface area (Å²) in [6.07, 6.45) is 2.42. The summed E-state index contributed by atoms with van der Waals surface area (Å²) in [5, 5.41) is 21.3. The van der Waals surface area contributed by atoms with Crippen molar-refractivity contribution in [1.82, 2.24) is 14.9 Å². The zero-order valence-electron chi connectivity index (χ0n) is 13.3. The summed E-state index contributed by atoms with van der Waals surface area (Å²) < 4.78 is 8.04. The predicted octanol–water partition coefficient (Wildman–Crippen LogP) is 3.91. The van der Waals surface area contributed by atoms with Crippen molar-refractivity contribution in [3.05, 3.63) is 66.7 Å². The van der Waals surface area contributed by atoms with Gasteiger partial charge in [0.15, 0.2) is 5.69 Å². The third-order valence-corrected chi connectivity index (χ3v) is 4.68. The highest BCUT2D eigenvalue weighted by Crippen LogP contribution is 2.27. The number of amides is 1. The average molecular weight is 485 g/mol. The Kier molecular flexibility index (Phi) is 5.18. The van der Waals surface area contributed by atoms with Crippen LogP contribution in [0, 0.1) is 17.0 Å². The van der Waals surface area contributed by atoms with Crippen LogP contribution in [-0.4, -0.2) is 25.8 Å². The molecule has 26 heavy (non-hydrogen) atoms. The summed E-state index contributed by atoms with van der Waals surface area (Å²) in [4.78, 5) is 22.8. The second-order valence-corrected chi connectivity index (χ2v) is 7.07. The van der Waals surface area contributed by atoms with E-state index in [1.807, 2.05) is 0 Å². The SMILES string of the molecule is Cc1onc(C(=O)Nc2ccc(Br)cc2Br)c1Cn1cc([N+](=O)[O-])cn1. The van der Waals surface area contributed by atoms with Crippen LogP contribution in [-0.2, 0) is 6.54 Å². The van der Waals surface area contributed by atoms with E-state index in [4.69, 9.17) is 4.52 Å². The van der Waals surface area contributed by atoms with Gasteiger partial charge in [-0.15, -0.1) is 0 Å². The van der Waals surface area contributed by atoms with Crippen LogP contribution in [0.25, 0.3) is 0 Å². The molecule has 1 amide bonds. The number of nitrogens with one attached hydrogen (secondary N) is 1. The number of anilines is 1. The first-order valence-corrected chi connectivity index (χ1v) is 8.82. The molecule has 0 aliphatic carbocycles.